The number of phenols is 1. The number of halogens is 4. The van der Waals surface area contributed by atoms with Crippen LogP contribution in [0.1, 0.15) is 12.0 Å². The highest BCUT2D eigenvalue weighted by atomic mass is 32.1. The summed E-state index contributed by atoms with van der Waals surface area (Å²) in [7, 11) is 0. The van der Waals surface area contributed by atoms with Crippen LogP contribution in [0.3, 0.4) is 0 Å². The van der Waals surface area contributed by atoms with Crippen LogP contribution in [0.15, 0.2) is 34.4 Å². The molecule has 248 valence electrons. The Morgan fingerprint density at radius 1 is 0.911 bits per heavy atom. The van der Waals surface area contributed by atoms with Gasteiger partial charge in [-0.15, -0.1) is 0 Å². The zero-order valence-electron chi connectivity index (χ0n) is 24.5. The van der Waals surface area contributed by atoms with Gasteiger partial charge in [0.1, 0.15) is 11.5 Å². The van der Waals surface area contributed by atoms with E-state index in [2.05, 4.69) is 25.5 Å². The first-order chi connectivity index (χ1) is 21.6. The first kappa shape index (κ1) is 37.3. The van der Waals surface area contributed by atoms with Gasteiger partial charge in [0.2, 0.25) is 11.6 Å². The predicted octanol–water partition coefficient (Wildman–Crippen LogP) is 2.99. The van der Waals surface area contributed by atoms with Gasteiger partial charge in [0.15, 0.2) is 22.5 Å². The summed E-state index contributed by atoms with van der Waals surface area (Å²) in [6.45, 7) is 3.49. The number of rotatable bonds is 20. The number of carbonyl (C=O) groups is 1. The van der Waals surface area contributed by atoms with Gasteiger partial charge >= 0.3 is 5.97 Å². The van der Waals surface area contributed by atoms with Crippen molar-refractivity contribution in [2.45, 2.75) is 13.3 Å². The lowest BCUT2D eigenvalue weighted by atomic mass is 10.2. The first-order valence-corrected chi connectivity index (χ1v) is 14.0. The van der Waals surface area contributed by atoms with E-state index in [-0.39, 0.29) is 45.1 Å². The number of hydrogen-bond acceptors (Lipinski definition) is 11. The topological polar surface area (TPSA) is 158 Å². The monoisotopic (exact) mass is 661 g/mol. The number of aliphatic imine (C=N–C) groups is 1. The Balaban J connectivity index is 1.44. The second kappa shape index (κ2) is 20.9. The van der Waals surface area contributed by atoms with Gasteiger partial charge in [-0.25, -0.2) is 13.2 Å². The fraction of sp³-hybridized carbons (Fsp3) is 0.429. The second-order valence-electron chi connectivity index (χ2n) is 8.91. The average Bonchev–Trinajstić information content (AvgIpc) is 3.03. The SMILES string of the molecule is Cc1c(F)c(F)c(F)c(F)c1OC(=O)CCOCCN=CC(COCCOCCOCCNC(=S)Nc1ccc(O)cc1)=NN. The molecule has 0 atom stereocenters. The average molecular weight is 662 g/mol. The van der Waals surface area contributed by atoms with Crippen LogP contribution in [0.4, 0.5) is 23.2 Å². The molecular formula is C28H35F4N5O7S. The molecule has 2 aromatic carbocycles. The third kappa shape index (κ3) is 14.2. The van der Waals surface area contributed by atoms with Gasteiger partial charge < -0.3 is 45.3 Å². The normalized spacial score (nSPS) is 11.6. The molecule has 5 N–H and O–H groups in total. The smallest absolute Gasteiger partial charge is 0.313 e. The summed E-state index contributed by atoms with van der Waals surface area (Å²) in [4.78, 5) is 15.9. The van der Waals surface area contributed by atoms with E-state index in [1.165, 1.54) is 6.21 Å². The van der Waals surface area contributed by atoms with E-state index in [9.17, 15) is 27.5 Å². The number of hydrogen-bond donors (Lipinski definition) is 4. The molecule has 2 aromatic rings. The molecule has 0 aliphatic rings. The van der Waals surface area contributed by atoms with E-state index in [0.29, 0.717) is 43.8 Å². The maximum absolute atomic E-state index is 13.8. The van der Waals surface area contributed by atoms with Crippen LogP contribution in [-0.2, 0) is 23.7 Å². The standard InChI is InChI=1S/C28H35F4N5O7S/c1-18-23(29)24(30)25(31)26(32)27(18)44-22(39)6-9-40-10-7-34-16-20(37-33)17-43-15-14-42-13-12-41-11-8-35-28(45)36-19-2-4-21(38)5-3-19/h2-5,16,38H,6-15,17,33H2,1H3,(H2,35,36,45). The van der Waals surface area contributed by atoms with Crippen LogP contribution in [0, 0.1) is 30.2 Å². The molecule has 0 aliphatic heterocycles. The van der Waals surface area contributed by atoms with Crippen LogP contribution in [0.5, 0.6) is 11.5 Å². The summed E-state index contributed by atoms with van der Waals surface area (Å²) >= 11 is 5.18. The molecule has 0 saturated carbocycles. The Hall–Kier alpha value is -3.90. The first-order valence-electron chi connectivity index (χ1n) is 13.6. The minimum atomic E-state index is -2.07. The molecule has 0 amide bonds. The quantitative estimate of drug-likeness (QED) is 0.0141. The van der Waals surface area contributed by atoms with E-state index in [4.69, 9.17) is 37.0 Å². The number of carbonyl (C=O) groups excluding carboxylic acids is 1. The minimum Gasteiger partial charge on any atom is -0.508 e. The minimum absolute atomic E-state index is 0.0941. The van der Waals surface area contributed by atoms with Crippen molar-refractivity contribution >= 4 is 40.9 Å². The molecule has 0 spiro atoms. The zero-order chi connectivity index (χ0) is 33.0. The van der Waals surface area contributed by atoms with Crippen molar-refractivity contribution in [2.75, 3.05) is 71.3 Å². The molecular weight excluding hydrogens is 626 g/mol. The summed E-state index contributed by atoms with van der Waals surface area (Å²) < 4.78 is 80.1. The third-order valence-corrected chi connectivity index (χ3v) is 5.78. The van der Waals surface area contributed by atoms with Crippen LogP contribution in [0.25, 0.3) is 0 Å². The van der Waals surface area contributed by atoms with Crippen molar-refractivity contribution in [3.8, 4) is 11.5 Å². The van der Waals surface area contributed by atoms with E-state index in [0.717, 1.165) is 12.6 Å². The van der Waals surface area contributed by atoms with Crippen molar-refractivity contribution < 1.29 is 51.1 Å². The van der Waals surface area contributed by atoms with E-state index < -0.39 is 40.6 Å². The van der Waals surface area contributed by atoms with Crippen molar-refractivity contribution in [1.82, 2.24) is 5.32 Å². The van der Waals surface area contributed by atoms with E-state index in [1.807, 2.05) is 0 Å². The highest BCUT2D eigenvalue weighted by Gasteiger charge is 2.25. The molecule has 0 radical (unpaired) electrons. The number of thiocarbonyl (C=S) groups is 1. The Kier molecular flexibility index (Phi) is 17.4. The van der Waals surface area contributed by atoms with Crippen LogP contribution >= 0.6 is 12.2 Å². The fourth-order valence-electron chi connectivity index (χ4n) is 3.23. The van der Waals surface area contributed by atoms with Gasteiger partial charge in [-0.3, -0.25) is 9.79 Å². The summed E-state index contributed by atoms with van der Waals surface area (Å²) in [5.41, 5.74) is 0.448. The number of ether oxygens (including phenoxy) is 5. The number of nitrogens with two attached hydrogens (primary N) is 1. The predicted molar refractivity (Wildman–Crippen MR) is 162 cm³/mol. The fourth-order valence-corrected chi connectivity index (χ4v) is 3.45. The molecule has 17 heteroatoms. The number of benzene rings is 2. The third-order valence-electron chi connectivity index (χ3n) is 5.54. The summed E-state index contributed by atoms with van der Waals surface area (Å²) in [5.74, 6) is -4.03. The number of nitrogens with one attached hydrogen (secondary N) is 2. The number of nitrogens with zero attached hydrogens (tertiary/aromatic N) is 2. The van der Waals surface area contributed by atoms with Crippen LogP contribution in [-0.4, -0.2) is 94.1 Å². The second-order valence-corrected chi connectivity index (χ2v) is 9.32. The number of esters is 1. The van der Waals surface area contributed by atoms with Crippen LogP contribution < -0.4 is 21.2 Å². The molecule has 12 nitrogen and oxygen atoms in total. The molecule has 0 aliphatic carbocycles. The highest BCUT2D eigenvalue weighted by molar-refractivity contribution is 7.80. The van der Waals surface area contributed by atoms with Gasteiger partial charge in [-0.05, 0) is 43.4 Å². The zero-order valence-corrected chi connectivity index (χ0v) is 25.3. The van der Waals surface area contributed by atoms with E-state index in [1.54, 1.807) is 24.3 Å². The number of aromatic hydroxyl groups is 1. The number of anilines is 1. The lowest BCUT2D eigenvalue weighted by molar-refractivity contribution is -0.135. The summed E-state index contributed by atoms with van der Waals surface area (Å²) in [5, 5.41) is 19.3. The maximum atomic E-state index is 13.8. The van der Waals surface area contributed by atoms with Gasteiger partial charge in [0, 0.05) is 24.0 Å². The largest absolute Gasteiger partial charge is 0.508 e. The van der Waals surface area contributed by atoms with Crippen molar-refractivity contribution in [1.29, 1.82) is 0 Å². The van der Waals surface area contributed by atoms with Gasteiger partial charge in [-0.1, -0.05) is 0 Å². The number of phenolic OH excluding ortho intramolecular Hbond substituents is 1. The molecule has 0 bridgehead atoms. The van der Waals surface area contributed by atoms with Crippen molar-refractivity contribution in [2.24, 2.45) is 15.9 Å². The lowest BCUT2D eigenvalue weighted by Gasteiger charge is -2.11. The summed E-state index contributed by atoms with van der Waals surface area (Å²) in [6.07, 6.45) is 1.04. The van der Waals surface area contributed by atoms with Crippen LogP contribution in [0.2, 0.25) is 0 Å². The highest BCUT2D eigenvalue weighted by Crippen LogP contribution is 2.30. The lowest BCUT2D eigenvalue weighted by Crippen LogP contribution is -2.31. The molecule has 0 heterocycles. The Bertz CT molecular complexity index is 1270. The number of hydrazone groups is 1. The Morgan fingerprint density at radius 2 is 1.53 bits per heavy atom. The Labute approximate surface area is 262 Å². The molecule has 0 unspecified atom stereocenters. The summed E-state index contributed by atoms with van der Waals surface area (Å²) in [6, 6.07) is 6.52. The molecule has 0 fully saturated rings. The van der Waals surface area contributed by atoms with Crippen molar-refractivity contribution in [3.63, 3.8) is 0 Å². The van der Waals surface area contributed by atoms with Gasteiger partial charge in [-0.2, -0.15) is 9.49 Å². The molecule has 2 rings (SSSR count). The molecule has 0 saturated heterocycles. The van der Waals surface area contributed by atoms with Crippen molar-refractivity contribution in [3.05, 3.63) is 53.1 Å². The van der Waals surface area contributed by atoms with Gasteiger partial charge in [0.25, 0.3) is 0 Å². The van der Waals surface area contributed by atoms with E-state index >= 15 is 0 Å². The molecule has 45 heavy (non-hydrogen) atoms. The molecule has 0 aromatic heterocycles. The van der Waals surface area contributed by atoms with Gasteiger partial charge in [0.05, 0.1) is 65.8 Å². The Morgan fingerprint density at radius 3 is 2.22 bits per heavy atom. The maximum Gasteiger partial charge on any atom is 0.313 e.